The van der Waals surface area contributed by atoms with Gasteiger partial charge in [-0.25, -0.2) is 4.39 Å². The van der Waals surface area contributed by atoms with Crippen LogP contribution in [0.3, 0.4) is 0 Å². The van der Waals surface area contributed by atoms with Crippen molar-refractivity contribution < 1.29 is 13.9 Å². The number of carbonyl (C=O) groups is 1. The molecule has 0 aliphatic heterocycles. The van der Waals surface area contributed by atoms with Crippen molar-refractivity contribution in [3.63, 3.8) is 0 Å². The predicted molar refractivity (Wildman–Crippen MR) is 81.3 cm³/mol. The quantitative estimate of drug-likeness (QED) is 0.888. The molecular formula is C16H17FN2O2. The standard InChI is InChI=1S/C16H17FN2O2/c1-11-4-3-5-14(17)16(11)18-10-15(20)19-12-6-8-13(21-2)9-7-12/h3-9,18H,10H2,1-2H3,(H,19,20). The maximum atomic E-state index is 13.6. The zero-order valence-electron chi connectivity index (χ0n) is 11.9. The van der Waals surface area contributed by atoms with E-state index in [1.54, 1.807) is 50.4 Å². The van der Waals surface area contributed by atoms with E-state index in [-0.39, 0.29) is 18.3 Å². The Labute approximate surface area is 122 Å². The summed E-state index contributed by atoms with van der Waals surface area (Å²) < 4.78 is 18.6. The fourth-order valence-corrected chi connectivity index (χ4v) is 1.90. The Morgan fingerprint density at radius 1 is 1.19 bits per heavy atom. The summed E-state index contributed by atoms with van der Waals surface area (Å²) in [4.78, 5) is 11.8. The van der Waals surface area contributed by atoms with Gasteiger partial charge in [0.1, 0.15) is 11.6 Å². The molecule has 0 heterocycles. The number of carbonyl (C=O) groups excluding carboxylic acids is 1. The molecule has 2 aromatic rings. The second-order valence-corrected chi connectivity index (χ2v) is 4.56. The van der Waals surface area contributed by atoms with E-state index in [0.29, 0.717) is 17.1 Å². The van der Waals surface area contributed by atoms with Crippen LogP contribution < -0.4 is 15.4 Å². The van der Waals surface area contributed by atoms with Crippen LogP contribution in [-0.2, 0) is 4.79 Å². The third-order valence-corrected chi connectivity index (χ3v) is 3.02. The van der Waals surface area contributed by atoms with E-state index in [1.165, 1.54) is 6.07 Å². The van der Waals surface area contributed by atoms with Crippen LogP contribution in [0.25, 0.3) is 0 Å². The highest BCUT2D eigenvalue weighted by atomic mass is 19.1. The van der Waals surface area contributed by atoms with Crippen LogP contribution in [-0.4, -0.2) is 19.6 Å². The summed E-state index contributed by atoms with van der Waals surface area (Å²) in [5, 5.41) is 5.54. The largest absolute Gasteiger partial charge is 0.497 e. The zero-order valence-corrected chi connectivity index (χ0v) is 11.9. The van der Waals surface area contributed by atoms with Gasteiger partial charge in [-0.2, -0.15) is 0 Å². The molecule has 0 aliphatic rings. The molecule has 2 N–H and O–H groups in total. The van der Waals surface area contributed by atoms with Gasteiger partial charge in [0.05, 0.1) is 19.3 Å². The number of halogens is 1. The van der Waals surface area contributed by atoms with Gasteiger partial charge in [0.25, 0.3) is 0 Å². The summed E-state index contributed by atoms with van der Waals surface area (Å²) in [5.41, 5.74) is 1.77. The Morgan fingerprint density at radius 3 is 2.52 bits per heavy atom. The first-order valence-electron chi connectivity index (χ1n) is 6.53. The highest BCUT2D eigenvalue weighted by molar-refractivity contribution is 5.93. The maximum Gasteiger partial charge on any atom is 0.243 e. The van der Waals surface area contributed by atoms with Gasteiger partial charge < -0.3 is 15.4 Å². The van der Waals surface area contributed by atoms with Crippen molar-refractivity contribution in [3.05, 3.63) is 53.8 Å². The van der Waals surface area contributed by atoms with Gasteiger partial charge in [0, 0.05) is 5.69 Å². The maximum absolute atomic E-state index is 13.6. The number of para-hydroxylation sites is 1. The second-order valence-electron chi connectivity index (χ2n) is 4.56. The lowest BCUT2D eigenvalue weighted by molar-refractivity contribution is -0.114. The Kier molecular flexibility index (Phi) is 4.77. The van der Waals surface area contributed by atoms with E-state index in [1.807, 2.05) is 0 Å². The molecule has 0 fully saturated rings. The first kappa shape index (κ1) is 14.8. The molecule has 0 aromatic heterocycles. The van der Waals surface area contributed by atoms with E-state index in [4.69, 9.17) is 4.74 Å². The molecule has 0 unspecified atom stereocenters. The van der Waals surface area contributed by atoms with Gasteiger partial charge in [0.15, 0.2) is 0 Å². The second kappa shape index (κ2) is 6.74. The third kappa shape index (κ3) is 3.95. The Morgan fingerprint density at radius 2 is 1.90 bits per heavy atom. The van der Waals surface area contributed by atoms with Gasteiger partial charge in [-0.05, 0) is 42.8 Å². The van der Waals surface area contributed by atoms with Gasteiger partial charge in [-0.1, -0.05) is 12.1 Å². The number of benzene rings is 2. The molecule has 2 aromatic carbocycles. The number of amides is 1. The molecule has 0 aliphatic carbocycles. The Hall–Kier alpha value is -2.56. The highest BCUT2D eigenvalue weighted by Crippen LogP contribution is 2.18. The molecule has 0 bridgehead atoms. The molecule has 0 saturated carbocycles. The van der Waals surface area contributed by atoms with Gasteiger partial charge >= 0.3 is 0 Å². The van der Waals surface area contributed by atoms with Crippen molar-refractivity contribution >= 4 is 17.3 Å². The summed E-state index contributed by atoms with van der Waals surface area (Å²) in [5.74, 6) is 0.100. The molecule has 110 valence electrons. The molecule has 0 spiro atoms. The Balaban J connectivity index is 1.92. The first-order valence-corrected chi connectivity index (χ1v) is 6.53. The van der Waals surface area contributed by atoms with Crippen LogP contribution in [0.2, 0.25) is 0 Å². The monoisotopic (exact) mass is 288 g/mol. The summed E-state index contributed by atoms with van der Waals surface area (Å²) in [6.45, 7) is 1.78. The number of methoxy groups -OCH3 is 1. The average Bonchev–Trinajstić information content (AvgIpc) is 2.47. The van der Waals surface area contributed by atoms with Crippen molar-refractivity contribution in [2.24, 2.45) is 0 Å². The van der Waals surface area contributed by atoms with Gasteiger partial charge in [0.2, 0.25) is 5.91 Å². The molecule has 21 heavy (non-hydrogen) atoms. The number of hydrogen-bond donors (Lipinski definition) is 2. The van der Waals surface area contributed by atoms with Crippen LogP contribution in [0.5, 0.6) is 5.75 Å². The van der Waals surface area contributed by atoms with Crippen molar-refractivity contribution in [3.8, 4) is 5.75 Å². The molecule has 0 saturated heterocycles. The van der Waals surface area contributed by atoms with Crippen LogP contribution in [0.1, 0.15) is 5.56 Å². The van der Waals surface area contributed by atoms with Crippen LogP contribution in [0, 0.1) is 12.7 Å². The topological polar surface area (TPSA) is 50.4 Å². The molecule has 0 radical (unpaired) electrons. The lowest BCUT2D eigenvalue weighted by atomic mass is 10.2. The average molecular weight is 288 g/mol. The van der Waals surface area contributed by atoms with E-state index in [0.717, 1.165) is 5.56 Å². The summed E-state index contributed by atoms with van der Waals surface area (Å²) in [6, 6.07) is 11.8. The van der Waals surface area contributed by atoms with E-state index < -0.39 is 0 Å². The first-order chi connectivity index (χ1) is 10.1. The lowest BCUT2D eigenvalue weighted by Gasteiger charge is -2.11. The summed E-state index contributed by atoms with van der Waals surface area (Å²) in [6.07, 6.45) is 0. The number of ether oxygens (including phenoxy) is 1. The van der Waals surface area contributed by atoms with Crippen molar-refractivity contribution in [1.29, 1.82) is 0 Å². The van der Waals surface area contributed by atoms with Crippen LogP contribution >= 0.6 is 0 Å². The SMILES string of the molecule is COc1ccc(NC(=O)CNc2c(C)cccc2F)cc1. The minimum Gasteiger partial charge on any atom is -0.497 e. The van der Waals surface area contributed by atoms with Crippen LogP contribution in [0.4, 0.5) is 15.8 Å². The van der Waals surface area contributed by atoms with Crippen molar-refractivity contribution in [2.45, 2.75) is 6.92 Å². The number of hydrogen-bond acceptors (Lipinski definition) is 3. The van der Waals surface area contributed by atoms with E-state index in [2.05, 4.69) is 10.6 Å². The predicted octanol–water partition coefficient (Wildman–Crippen LogP) is 3.19. The van der Waals surface area contributed by atoms with E-state index >= 15 is 0 Å². The van der Waals surface area contributed by atoms with Crippen molar-refractivity contribution in [2.75, 3.05) is 24.3 Å². The normalized spacial score (nSPS) is 10.0. The molecule has 5 heteroatoms. The fraction of sp³-hybridized carbons (Fsp3) is 0.188. The number of aryl methyl sites for hydroxylation is 1. The summed E-state index contributed by atoms with van der Waals surface area (Å²) >= 11 is 0. The number of rotatable bonds is 5. The minimum atomic E-state index is -0.368. The Bertz CT molecular complexity index is 606. The number of anilines is 2. The molecule has 1 amide bonds. The molecule has 0 atom stereocenters. The third-order valence-electron chi connectivity index (χ3n) is 3.02. The van der Waals surface area contributed by atoms with Crippen LogP contribution in [0.15, 0.2) is 42.5 Å². The molecule has 2 rings (SSSR count). The highest BCUT2D eigenvalue weighted by Gasteiger charge is 2.07. The molecule has 4 nitrogen and oxygen atoms in total. The smallest absolute Gasteiger partial charge is 0.243 e. The minimum absolute atomic E-state index is 0.00615. The fourth-order valence-electron chi connectivity index (χ4n) is 1.90. The molecular weight excluding hydrogens is 271 g/mol. The van der Waals surface area contributed by atoms with Gasteiger partial charge in [-0.3, -0.25) is 4.79 Å². The number of nitrogens with one attached hydrogen (secondary N) is 2. The zero-order chi connectivity index (χ0) is 15.2. The van der Waals surface area contributed by atoms with Crippen molar-refractivity contribution in [1.82, 2.24) is 0 Å². The van der Waals surface area contributed by atoms with E-state index in [9.17, 15) is 9.18 Å². The lowest BCUT2D eigenvalue weighted by Crippen LogP contribution is -2.22. The van der Waals surface area contributed by atoms with Gasteiger partial charge in [-0.15, -0.1) is 0 Å². The summed E-state index contributed by atoms with van der Waals surface area (Å²) in [7, 11) is 1.58.